The van der Waals surface area contributed by atoms with E-state index in [4.69, 9.17) is 0 Å². The smallest absolute Gasteiger partial charge is 0.216 e. The molecule has 2 fully saturated rings. The van der Waals surface area contributed by atoms with Crippen LogP contribution in [0.3, 0.4) is 0 Å². The summed E-state index contributed by atoms with van der Waals surface area (Å²) in [6, 6.07) is 0.419. The highest BCUT2D eigenvalue weighted by atomic mass is 32.2. The normalized spacial score (nSPS) is 22.2. The van der Waals surface area contributed by atoms with Crippen LogP contribution in [0.4, 0.5) is 0 Å². The largest absolute Gasteiger partial charge is 0.309 e. The zero-order valence-corrected chi connectivity index (χ0v) is 13.3. The van der Waals surface area contributed by atoms with E-state index < -0.39 is 10.0 Å². The molecule has 3 rings (SSSR count). The Bertz CT molecular complexity index is 558. The van der Waals surface area contributed by atoms with Gasteiger partial charge in [0.05, 0.1) is 16.5 Å². The third-order valence-corrected chi connectivity index (χ3v) is 7.49. The van der Waals surface area contributed by atoms with Crippen molar-refractivity contribution in [3.05, 3.63) is 16.1 Å². The van der Waals surface area contributed by atoms with Crippen molar-refractivity contribution in [2.75, 3.05) is 13.1 Å². The first-order chi connectivity index (χ1) is 9.57. The van der Waals surface area contributed by atoms with Crippen LogP contribution in [0.1, 0.15) is 36.3 Å². The van der Waals surface area contributed by atoms with Crippen molar-refractivity contribution in [1.29, 1.82) is 0 Å². The molecule has 5 nitrogen and oxygen atoms in total. The maximum Gasteiger partial charge on any atom is 0.216 e. The van der Waals surface area contributed by atoms with Gasteiger partial charge in [0, 0.05) is 30.6 Å². The van der Waals surface area contributed by atoms with Crippen molar-refractivity contribution < 1.29 is 8.42 Å². The van der Waals surface area contributed by atoms with Crippen molar-refractivity contribution in [1.82, 2.24) is 14.6 Å². The van der Waals surface area contributed by atoms with Crippen LogP contribution in [0.5, 0.6) is 0 Å². The minimum absolute atomic E-state index is 0.0770. The molecule has 112 valence electrons. The average molecular weight is 315 g/mol. The van der Waals surface area contributed by atoms with Crippen LogP contribution in [0.2, 0.25) is 0 Å². The summed E-state index contributed by atoms with van der Waals surface area (Å²) in [5.74, 6) is 0. The average Bonchev–Trinajstić information content (AvgIpc) is 3.22. The minimum Gasteiger partial charge on any atom is -0.309 e. The van der Waals surface area contributed by atoms with E-state index in [1.807, 2.05) is 12.4 Å². The highest BCUT2D eigenvalue weighted by molar-refractivity contribution is 7.90. The maximum atomic E-state index is 12.1. The lowest BCUT2D eigenvalue weighted by Crippen LogP contribution is -2.45. The molecule has 0 atom stereocenters. The van der Waals surface area contributed by atoms with E-state index in [1.165, 1.54) is 4.88 Å². The summed E-state index contributed by atoms with van der Waals surface area (Å²) in [5.41, 5.74) is 2.97. The Kier molecular flexibility index (Phi) is 4.12. The van der Waals surface area contributed by atoms with Crippen LogP contribution in [-0.2, 0) is 16.6 Å². The van der Waals surface area contributed by atoms with Gasteiger partial charge in [0.15, 0.2) is 0 Å². The fraction of sp³-hybridized carbons (Fsp3) is 0.769. The van der Waals surface area contributed by atoms with E-state index in [0.717, 1.165) is 37.9 Å². The highest BCUT2D eigenvalue weighted by Crippen LogP contribution is 2.32. The first-order valence-corrected chi connectivity index (χ1v) is 9.57. The topological polar surface area (TPSA) is 62.3 Å². The Morgan fingerprint density at radius 3 is 2.60 bits per heavy atom. The zero-order valence-electron chi connectivity index (χ0n) is 11.7. The molecular formula is C13H21N3O2S2. The molecule has 1 saturated carbocycles. The number of sulfonamides is 1. The number of piperidine rings is 1. The number of nitrogens with zero attached hydrogens (tertiary/aromatic N) is 2. The van der Waals surface area contributed by atoms with Crippen molar-refractivity contribution in [2.45, 2.75) is 50.4 Å². The molecule has 0 radical (unpaired) electrons. The van der Waals surface area contributed by atoms with E-state index in [2.05, 4.69) is 10.3 Å². The van der Waals surface area contributed by atoms with Gasteiger partial charge in [-0.25, -0.2) is 17.7 Å². The molecule has 7 heteroatoms. The second-order valence-electron chi connectivity index (χ2n) is 5.66. The quantitative estimate of drug-likeness (QED) is 0.894. The van der Waals surface area contributed by atoms with E-state index in [1.54, 1.807) is 15.6 Å². The van der Waals surface area contributed by atoms with Gasteiger partial charge >= 0.3 is 0 Å². The summed E-state index contributed by atoms with van der Waals surface area (Å²) >= 11 is 1.68. The predicted octanol–water partition coefficient (Wildman–Crippen LogP) is 1.50. The van der Waals surface area contributed by atoms with Crippen molar-refractivity contribution in [3.8, 4) is 0 Å². The Hall–Kier alpha value is -0.500. The molecule has 20 heavy (non-hydrogen) atoms. The van der Waals surface area contributed by atoms with Gasteiger partial charge in [-0.2, -0.15) is 0 Å². The van der Waals surface area contributed by atoms with E-state index in [0.29, 0.717) is 19.1 Å². The monoisotopic (exact) mass is 315 g/mol. The van der Waals surface area contributed by atoms with Crippen LogP contribution < -0.4 is 5.32 Å². The Morgan fingerprint density at radius 1 is 1.35 bits per heavy atom. The van der Waals surface area contributed by atoms with Crippen molar-refractivity contribution >= 4 is 21.4 Å². The SMILES string of the molecule is Cc1ncsc1CNC1CCN(S(=O)(=O)C2CC2)CC1. The van der Waals surface area contributed by atoms with Crippen molar-refractivity contribution in [3.63, 3.8) is 0 Å². The third-order valence-electron chi connectivity index (χ3n) is 4.16. The third kappa shape index (κ3) is 3.05. The fourth-order valence-corrected chi connectivity index (χ4v) is 5.23. The van der Waals surface area contributed by atoms with Crippen molar-refractivity contribution in [2.24, 2.45) is 0 Å². The molecule has 1 N–H and O–H groups in total. The number of aromatic nitrogens is 1. The first kappa shape index (κ1) is 14.4. The van der Waals surface area contributed by atoms with Gasteiger partial charge in [-0.15, -0.1) is 11.3 Å². The van der Waals surface area contributed by atoms with E-state index in [9.17, 15) is 8.42 Å². The van der Waals surface area contributed by atoms with E-state index in [-0.39, 0.29) is 5.25 Å². The Balaban J connectivity index is 1.48. The lowest BCUT2D eigenvalue weighted by Gasteiger charge is -2.31. The number of thiazole rings is 1. The molecule has 2 aliphatic rings. The highest BCUT2D eigenvalue weighted by Gasteiger charge is 2.41. The molecular weight excluding hydrogens is 294 g/mol. The summed E-state index contributed by atoms with van der Waals surface area (Å²) < 4.78 is 26.0. The van der Waals surface area contributed by atoms with Gasteiger partial charge < -0.3 is 5.32 Å². The second kappa shape index (κ2) is 5.71. The van der Waals surface area contributed by atoms with Gasteiger partial charge in [0.1, 0.15) is 0 Å². The summed E-state index contributed by atoms with van der Waals surface area (Å²) in [6.45, 7) is 4.20. The van der Waals surface area contributed by atoms with Gasteiger partial charge in [0.25, 0.3) is 0 Å². The predicted molar refractivity (Wildman–Crippen MR) is 80.2 cm³/mol. The number of hydrogen-bond donors (Lipinski definition) is 1. The molecule has 1 aromatic heterocycles. The Labute approximate surface area is 124 Å². The number of hydrogen-bond acceptors (Lipinski definition) is 5. The molecule has 1 aliphatic carbocycles. The Morgan fingerprint density at radius 2 is 2.05 bits per heavy atom. The summed E-state index contributed by atoms with van der Waals surface area (Å²) in [6.07, 6.45) is 3.52. The van der Waals surface area contributed by atoms with Crippen LogP contribution in [0, 0.1) is 6.92 Å². The molecule has 0 bridgehead atoms. The van der Waals surface area contributed by atoms with Gasteiger partial charge in [-0.1, -0.05) is 0 Å². The first-order valence-electron chi connectivity index (χ1n) is 7.18. The van der Waals surface area contributed by atoms with Crippen LogP contribution >= 0.6 is 11.3 Å². The molecule has 0 amide bonds. The number of aryl methyl sites for hydroxylation is 1. The number of nitrogens with one attached hydrogen (secondary N) is 1. The molecule has 0 aromatic carbocycles. The van der Waals surface area contributed by atoms with Crippen LogP contribution in [-0.4, -0.2) is 42.1 Å². The molecule has 0 spiro atoms. The maximum absolute atomic E-state index is 12.1. The van der Waals surface area contributed by atoms with E-state index >= 15 is 0 Å². The van der Waals surface area contributed by atoms with Crippen LogP contribution in [0.25, 0.3) is 0 Å². The number of rotatable bonds is 5. The molecule has 2 heterocycles. The lowest BCUT2D eigenvalue weighted by molar-refractivity contribution is 0.288. The minimum atomic E-state index is -2.98. The second-order valence-corrected chi connectivity index (χ2v) is 8.81. The zero-order chi connectivity index (χ0) is 14.2. The fourth-order valence-electron chi connectivity index (χ4n) is 2.62. The van der Waals surface area contributed by atoms with Crippen LogP contribution in [0.15, 0.2) is 5.51 Å². The summed E-state index contributed by atoms with van der Waals surface area (Å²) in [5, 5.41) is 3.45. The molecule has 1 aromatic rings. The van der Waals surface area contributed by atoms with Gasteiger partial charge in [-0.05, 0) is 32.6 Å². The molecule has 1 aliphatic heterocycles. The standard InChI is InChI=1S/C13H21N3O2S2/c1-10-13(19-9-15-10)8-14-11-4-6-16(7-5-11)20(17,18)12-2-3-12/h9,11-12,14H,2-8H2,1H3. The molecule has 0 unspecified atom stereocenters. The summed E-state index contributed by atoms with van der Waals surface area (Å²) in [7, 11) is -2.98. The molecule has 1 saturated heterocycles. The van der Waals surface area contributed by atoms with Gasteiger partial charge in [-0.3, -0.25) is 0 Å². The van der Waals surface area contributed by atoms with Gasteiger partial charge in [0.2, 0.25) is 10.0 Å². The summed E-state index contributed by atoms with van der Waals surface area (Å²) in [4.78, 5) is 5.52. The lowest BCUT2D eigenvalue weighted by atomic mass is 10.1.